The van der Waals surface area contributed by atoms with Crippen molar-refractivity contribution in [3.63, 3.8) is 0 Å². The van der Waals surface area contributed by atoms with Crippen LogP contribution in [0, 0.1) is 0 Å². The van der Waals surface area contributed by atoms with Crippen molar-refractivity contribution in [1.82, 2.24) is 9.55 Å². The zero-order chi connectivity index (χ0) is 17.2. The van der Waals surface area contributed by atoms with Gasteiger partial charge in [-0.15, -0.1) is 0 Å². The fourth-order valence-electron chi connectivity index (χ4n) is 2.91. The van der Waals surface area contributed by atoms with Gasteiger partial charge in [-0.25, -0.2) is 4.98 Å². The molecule has 0 aliphatic rings. The molecule has 0 aliphatic heterocycles. The molecule has 0 atom stereocenters. The predicted molar refractivity (Wildman–Crippen MR) is 101 cm³/mol. The summed E-state index contributed by atoms with van der Waals surface area (Å²) in [5, 5.41) is 0.673. The van der Waals surface area contributed by atoms with Crippen LogP contribution in [-0.2, 0) is 6.54 Å². The van der Waals surface area contributed by atoms with Gasteiger partial charge in [-0.3, -0.25) is 4.79 Å². The molecule has 3 aromatic carbocycles. The lowest BCUT2D eigenvalue weighted by Crippen LogP contribution is -2.11. The minimum atomic E-state index is 0.0546. The fraction of sp³-hybridized carbons (Fsp3) is 0.0476. The molecule has 25 heavy (non-hydrogen) atoms. The number of nitrogens with zero attached hydrogens (tertiary/aromatic N) is 2. The molecular formula is C21H15ClN2O. The number of Topliss-reactive ketones (excluding diaryl/α,β-unsaturated/α-hetero) is 1. The van der Waals surface area contributed by atoms with Gasteiger partial charge in [-0.1, -0.05) is 54.1 Å². The Labute approximate surface area is 150 Å². The van der Waals surface area contributed by atoms with Gasteiger partial charge in [0, 0.05) is 16.1 Å². The highest BCUT2D eigenvalue weighted by atomic mass is 35.5. The lowest BCUT2D eigenvalue weighted by molar-refractivity contribution is 0.0974. The Morgan fingerprint density at radius 1 is 0.880 bits per heavy atom. The average molecular weight is 347 g/mol. The van der Waals surface area contributed by atoms with Crippen LogP contribution in [0.5, 0.6) is 0 Å². The van der Waals surface area contributed by atoms with Crippen LogP contribution in [0.25, 0.3) is 22.4 Å². The summed E-state index contributed by atoms with van der Waals surface area (Å²) in [6, 6.07) is 24.7. The Kier molecular flexibility index (Phi) is 4.08. The molecule has 4 rings (SSSR count). The molecule has 0 bridgehead atoms. The van der Waals surface area contributed by atoms with E-state index in [1.807, 2.05) is 83.4 Å². The predicted octanol–water partition coefficient (Wildman–Crippen LogP) is 5.24. The molecule has 0 N–H and O–H groups in total. The number of carbonyl (C=O) groups excluding carboxylic acids is 1. The number of hydrogen-bond acceptors (Lipinski definition) is 2. The number of carbonyl (C=O) groups is 1. The molecule has 3 nitrogen and oxygen atoms in total. The number of hydrogen-bond donors (Lipinski definition) is 0. The van der Waals surface area contributed by atoms with Gasteiger partial charge in [0.15, 0.2) is 5.78 Å². The lowest BCUT2D eigenvalue weighted by Gasteiger charge is -2.09. The standard InChI is InChI=1S/C21H15ClN2O/c22-17-12-10-16(11-13-17)21-23-18-8-4-5-9-19(18)24(21)14-20(25)15-6-2-1-3-7-15/h1-13H,14H2. The van der Waals surface area contributed by atoms with E-state index in [1.54, 1.807) is 0 Å². The molecule has 0 saturated carbocycles. The zero-order valence-corrected chi connectivity index (χ0v) is 14.1. The van der Waals surface area contributed by atoms with E-state index in [0.717, 1.165) is 22.4 Å². The van der Waals surface area contributed by atoms with Crippen LogP contribution in [0.15, 0.2) is 78.9 Å². The van der Waals surface area contributed by atoms with Gasteiger partial charge in [0.1, 0.15) is 5.82 Å². The highest BCUT2D eigenvalue weighted by molar-refractivity contribution is 6.30. The number of aromatic nitrogens is 2. The lowest BCUT2D eigenvalue weighted by atomic mass is 10.1. The van der Waals surface area contributed by atoms with E-state index in [1.165, 1.54) is 0 Å². The molecule has 0 aliphatic carbocycles. The van der Waals surface area contributed by atoms with Crippen molar-refractivity contribution < 1.29 is 4.79 Å². The van der Waals surface area contributed by atoms with Crippen molar-refractivity contribution >= 4 is 28.4 Å². The summed E-state index contributed by atoms with van der Waals surface area (Å²) in [4.78, 5) is 17.5. The first-order valence-electron chi connectivity index (χ1n) is 8.02. The van der Waals surface area contributed by atoms with Gasteiger partial charge in [0.05, 0.1) is 17.6 Å². The Balaban J connectivity index is 1.82. The number of rotatable bonds is 4. The monoisotopic (exact) mass is 346 g/mol. The number of ketones is 1. The quantitative estimate of drug-likeness (QED) is 0.474. The molecular weight excluding hydrogens is 332 g/mol. The molecule has 1 heterocycles. The third kappa shape index (κ3) is 3.06. The van der Waals surface area contributed by atoms with Crippen LogP contribution >= 0.6 is 11.6 Å². The van der Waals surface area contributed by atoms with E-state index in [0.29, 0.717) is 10.6 Å². The molecule has 0 spiro atoms. The SMILES string of the molecule is O=C(Cn1c(-c2ccc(Cl)cc2)nc2ccccc21)c1ccccc1. The molecule has 0 amide bonds. The Bertz CT molecular complexity index is 1040. The normalized spacial score (nSPS) is 10.9. The van der Waals surface area contributed by atoms with Crippen LogP contribution in [0.3, 0.4) is 0 Å². The largest absolute Gasteiger partial charge is 0.316 e. The first kappa shape index (κ1) is 15.6. The summed E-state index contributed by atoms with van der Waals surface area (Å²) in [7, 11) is 0. The van der Waals surface area contributed by atoms with Crippen molar-refractivity contribution in [3.05, 3.63) is 89.4 Å². The van der Waals surface area contributed by atoms with Crippen LogP contribution in [0.4, 0.5) is 0 Å². The van der Waals surface area contributed by atoms with Crippen molar-refractivity contribution in [1.29, 1.82) is 0 Å². The van der Waals surface area contributed by atoms with E-state index < -0.39 is 0 Å². The summed E-state index contributed by atoms with van der Waals surface area (Å²) in [6.07, 6.45) is 0. The summed E-state index contributed by atoms with van der Waals surface area (Å²) in [6.45, 7) is 0.239. The second-order valence-corrected chi connectivity index (χ2v) is 6.24. The Morgan fingerprint density at radius 2 is 1.56 bits per heavy atom. The third-order valence-corrected chi connectivity index (χ3v) is 4.41. The summed E-state index contributed by atoms with van der Waals surface area (Å²) >= 11 is 6.00. The van der Waals surface area contributed by atoms with E-state index in [-0.39, 0.29) is 12.3 Å². The van der Waals surface area contributed by atoms with Crippen molar-refractivity contribution in [3.8, 4) is 11.4 Å². The maximum atomic E-state index is 12.7. The van der Waals surface area contributed by atoms with Gasteiger partial charge < -0.3 is 4.57 Å². The van der Waals surface area contributed by atoms with Crippen LogP contribution in [0.1, 0.15) is 10.4 Å². The van der Waals surface area contributed by atoms with E-state index in [9.17, 15) is 4.79 Å². The maximum absolute atomic E-state index is 12.7. The summed E-state index contributed by atoms with van der Waals surface area (Å²) in [5.41, 5.74) is 3.44. The van der Waals surface area contributed by atoms with E-state index >= 15 is 0 Å². The van der Waals surface area contributed by atoms with Gasteiger partial charge in [0.2, 0.25) is 0 Å². The molecule has 0 unspecified atom stereocenters. The number of fused-ring (bicyclic) bond motifs is 1. The first-order chi connectivity index (χ1) is 12.2. The van der Waals surface area contributed by atoms with Gasteiger partial charge in [-0.05, 0) is 36.4 Å². The Hall–Kier alpha value is -2.91. The van der Waals surface area contributed by atoms with Crippen molar-refractivity contribution in [2.75, 3.05) is 0 Å². The number of imidazole rings is 1. The summed E-state index contributed by atoms with van der Waals surface area (Å²) < 4.78 is 1.97. The van der Waals surface area contributed by atoms with Crippen LogP contribution in [0.2, 0.25) is 5.02 Å². The minimum absolute atomic E-state index is 0.0546. The maximum Gasteiger partial charge on any atom is 0.182 e. The van der Waals surface area contributed by atoms with E-state index in [2.05, 4.69) is 0 Å². The molecule has 4 aromatic rings. The topological polar surface area (TPSA) is 34.9 Å². The van der Waals surface area contributed by atoms with Crippen LogP contribution < -0.4 is 0 Å². The molecule has 0 fully saturated rings. The molecule has 1 aromatic heterocycles. The van der Waals surface area contributed by atoms with Crippen molar-refractivity contribution in [2.45, 2.75) is 6.54 Å². The number of halogens is 1. The molecule has 4 heteroatoms. The third-order valence-electron chi connectivity index (χ3n) is 4.15. The zero-order valence-electron chi connectivity index (χ0n) is 13.4. The molecule has 0 saturated heterocycles. The number of para-hydroxylation sites is 2. The molecule has 122 valence electrons. The smallest absolute Gasteiger partial charge is 0.182 e. The van der Waals surface area contributed by atoms with Gasteiger partial charge in [-0.2, -0.15) is 0 Å². The second-order valence-electron chi connectivity index (χ2n) is 5.81. The highest BCUT2D eigenvalue weighted by Gasteiger charge is 2.16. The first-order valence-corrected chi connectivity index (χ1v) is 8.39. The minimum Gasteiger partial charge on any atom is -0.316 e. The van der Waals surface area contributed by atoms with Gasteiger partial charge >= 0.3 is 0 Å². The number of benzene rings is 3. The van der Waals surface area contributed by atoms with E-state index in [4.69, 9.17) is 16.6 Å². The second kappa shape index (κ2) is 6.54. The van der Waals surface area contributed by atoms with Crippen LogP contribution in [-0.4, -0.2) is 15.3 Å². The van der Waals surface area contributed by atoms with Gasteiger partial charge in [0.25, 0.3) is 0 Å². The van der Waals surface area contributed by atoms with Crippen molar-refractivity contribution in [2.24, 2.45) is 0 Å². The molecule has 0 radical (unpaired) electrons. The Morgan fingerprint density at radius 3 is 2.32 bits per heavy atom. The summed E-state index contributed by atoms with van der Waals surface area (Å²) in [5.74, 6) is 0.820. The fourth-order valence-corrected chi connectivity index (χ4v) is 3.04. The highest BCUT2D eigenvalue weighted by Crippen LogP contribution is 2.26. The average Bonchev–Trinajstić information content (AvgIpc) is 3.02.